The number of likely N-dealkylation sites (N-methyl/N-ethyl adjacent to an activating group) is 1. The van der Waals surface area contributed by atoms with E-state index in [-0.39, 0.29) is 0 Å². The standard InChI is InChI=1S/C13H28N2O4/c1-13(14-2,12(16)17)6-8-15(9-11-19-4)7-5-10-18-3/h14H,5-11H2,1-4H3,(H,16,17). The van der Waals surface area contributed by atoms with Gasteiger partial charge in [-0.1, -0.05) is 0 Å². The summed E-state index contributed by atoms with van der Waals surface area (Å²) in [6.45, 7) is 5.48. The molecule has 0 fully saturated rings. The average molecular weight is 276 g/mol. The van der Waals surface area contributed by atoms with Gasteiger partial charge in [0.15, 0.2) is 0 Å². The van der Waals surface area contributed by atoms with E-state index in [2.05, 4.69) is 10.2 Å². The Bertz CT molecular complexity index is 251. The van der Waals surface area contributed by atoms with Crippen LogP contribution in [0.2, 0.25) is 0 Å². The molecule has 0 aromatic rings. The van der Waals surface area contributed by atoms with Gasteiger partial charge in [-0.05, 0) is 26.8 Å². The molecule has 0 bridgehead atoms. The van der Waals surface area contributed by atoms with Gasteiger partial charge >= 0.3 is 5.97 Å². The van der Waals surface area contributed by atoms with Crippen molar-refractivity contribution in [2.45, 2.75) is 25.3 Å². The van der Waals surface area contributed by atoms with Crippen molar-refractivity contribution in [3.8, 4) is 0 Å². The van der Waals surface area contributed by atoms with Gasteiger partial charge in [0.2, 0.25) is 0 Å². The molecule has 1 unspecified atom stereocenters. The monoisotopic (exact) mass is 276 g/mol. The molecule has 0 amide bonds. The average Bonchev–Trinajstić information content (AvgIpc) is 2.40. The highest BCUT2D eigenvalue weighted by Crippen LogP contribution is 2.10. The first-order valence-electron chi connectivity index (χ1n) is 6.62. The highest BCUT2D eigenvalue weighted by atomic mass is 16.5. The van der Waals surface area contributed by atoms with E-state index in [1.54, 1.807) is 28.2 Å². The van der Waals surface area contributed by atoms with Gasteiger partial charge in [0.1, 0.15) is 5.54 Å². The van der Waals surface area contributed by atoms with Crippen LogP contribution in [0.5, 0.6) is 0 Å². The van der Waals surface area contributed by atoms with E-state index in [0.717, 1.165) is 26.1 Å². The molecular formula is C13H28N2O4. The highest BCUT2D eigenvalue weighted by molar-refractivity contribution is 5.78. The lowest BCUT2D eigenvalue weighted by Gasteiger charge is -2.29. The molecule has 0 aromatic heterocycles. The van der Waals surface area contributed by atoms with Crippen LogP contribution in [0.4, 0.5) is 0 Å². The molecule has 0 aromatic carbocycles. The van der Waals surface area contributed by atoms with Crippen molar-refractivity contribution in [3.05, 3.63) is 0 Å². The fraction of sp³-hybridized carbons (Fsp3) is 0.923. The largest absolute Gasteiger partial charge is 0.480 e. The molecule has 0 saturated carbocycles. The maximum absolute atomic E-state index is 11.2. The van der Waals surface area contributed by atoms with E-state index < -0.39 is 11.5 Å². The summed E-state index contributed by atoms with van der Waals surface area (Å²) in [5.41, 5.74) is -0.882. The Kier molecular flexibility index (Phi) is 9.77. The minimum Gasteiger partial charge on any atom is -0.480 e. The molecule has 2 N–H and O–H groups in total. The number of hydrogen-bond acceptors (Lipinski definition) is 5. The minimum atomic E-state index is -0.882. The Morgan fingerprint density at radius 1 is 1.21 bits per heavy atom. The number of rotatable bonds is 12. The number of nitrogens with zero attached hydrogens (tertiary/aromatic N) is 1. The molecule has 0 aliphatic rings. The summed E-state index contributed by atoms with van der Waals surface area (Å²) in [4.78, 5) is 13.4. The first kappa shape index (κ1) is 18.3. The van der Waals surface area contributed by atoms with Crippen molar-refractivity contribution in [2.24, 2.45) is 0 Å². The van der Waals surface area contributed by atoms with Gasteiger partial charge in [0, 0.05) is 40.5 Å². The molecule has 0 radical (unpaired) electrons. The first-order valence-corrected chi connectivity index (χ1v) is 6.62. The van der Waals surface area contributed by atoms with E-state index >= 15 is 0 Å². The smallest absolute Gasteiger partial charge is 0.323 e. The quantitative estimate of drug-likeness (QED) is 0.504. The number of nitrogens with one attached hydrogen (secondary N) is 1. The molecule has 0 rings (SSSR count). The summed E-state index contributed by atoms with van der Waals surface area (Å²) in [5.74, 6) is -0.821. The second kappa shape index (κ2) is 10.1. The Morgan fingerprint density at radius 3 is 2.32 bits per heavy atom. The van der Waals surface area contributed by atoms with Crippen molar-refractivity contribution in [3.63, 3.8) is 0 Å². The molecule has 19 heavy (non-hydrogen) atoms. The molecule has 0 aliphatic carbocycles. The summed E-state index contributed by atoms with van der Waals surface area (Å²) < 4.78 is 10.1. The summed E-state index contributed by atoms with van der Waals surface area (Å²) in [7, 11) is 5.03. The van der Waals surface area contributed by atoms with Gasteiger partial charge in [0.05, 0.1) is 6.61 Å². The predicted octanol–water partition coefficient (Wildman–Crippen LogP) is 0.424. The van der Waals surface area contributed by atoms with Crippen LogP contribution < -0.4 is 5.32 Å². The third-order valence-electron chi connectivity index (χ3n) is 3.39. The summed E-state index contributed by atoms with van der Waals surface area (Å²) in [5, 5.41) is 12.1. The number of carboxylic acid groups (broad SMARTS) is 1. The molecule has 0 heterocycles. The van der Waals surface area contributed by atoms with Gasteiger partial charge in [0.25, 0.3) is 0 Å². The van der Waals surface area contributed by atoms with Crippen molar-refractivity contribution >= 4 is 5.97 Å². The van der Waals surface area contributed by atoms with Gasteiger partial charge in [-0.25, -0.2) is 0 Å². The van der Waals surface area contributed by atoms with Crippen molar-refractivity contribution in [1.29, 1.82) is 0 Å². The van der Waals surface area contributed by atoms with Gasteiger partial charge in [-0.2, -0.15) is 0 Å². The van der Waals surface area contributed by atoms with Crippen LogP contribution in [0.15, 0.2) is 0 Å². The van der Waals surface area contributed by atoms with Crippen LogP contribution in [0.1, 0.15) is 19.8 Å². The van der Waals surface area contributed by atoms with Gasteiger partial charge in [-0.15, -0.1) is 0 Å². The normalized spacial score (nSPS) is 14.6. The molecule has 0 saturated heterocycles. The van der Waals surface area contributed by atoms with Crippen LogP contribution in [-0.4, -0.2) is 75.6 Å². The van der Waals surface area contributed by atoms with Crippen molar-refractivity contribution < 1.29 is 19.4 Å². The van der Waals surface area contributed by atoms with Crippen LogP contribution >= 0.6 is 0 Å². The van der Waals surface area contributed by atoms with Gasteiger partial charge in [-0.3, -0.25) is 4.79 Å². The zero-order chi connectivity index (χ0) is 14.7. The zero-order valence-corrected chi connectivity index (χ0v) is 12.6. The molecule has 0 aliphatic heterocycles. The van der Waals surface area contributed by atoms with E-state index in [1.165, 1.54) is 0 Å². The maximum atomic E-state index is 11.2. The number of carbonyl (C=O) groups is 1. The number of methoxy groups -OCH3 is 2. The van der Waals surface area contributed by atoms with E-state index in [9.17, 15) is 9.90 Å². The topological polar surface area (TPSA) is 71.0 Å². The van der Waals surface area contributed by atoms with Crippen LogP contribution in [0, 0.1) is 0 Å². The second-order valence-electron chi connectivity index (χ2n) is 4.82. The Morgan fingerprint density at radius 2 is 1.84 bits per heavy atom. The van der Waals surface area contributed by atoms with E-state index in [0.29, 0.717) is 19.6 Å². The zero-order valence-electron chi connectivity index (χ0n) is 12.6. The second-order valence-corrected chi connectivity index (χ2v) is 4.82. The van der Waals surface area contributed by atoms with Crippen molar-refractivity contribution in [1.82, 2.24) is 10.2 Å². The SMILES string of the molecule is CNC(C)(CCN(CCCOC)CCOC)C(=O)O. The van der Waals surface area contributed by atoms with Gasteiger partial charge < -0.3 is 24.8 Å². The molecule has 6 nitrogen and oxygen atoms in total. The molecule has 1 atom stereocenters. The van der Waals surface area contributed by atoms with Crippen LogP contribution in [0.25, 0.3) is 0 Å². The number of aliphatic carboxylic acids is 1. The first-order chi connectivity index (χ1) is 9.00. The molecular weight excluding hydrogens is 248 g/mol. The maximum Gasteiger partial charge on any atom is 0.323 e. The lowest BCUT2D eigenvalue weighted by Crippen LogP contribution is -2.50. The molecule has 0 spiro atoms. The van der Waals surface area contributed by atoms with E-state index in [4.69, 9.17) is 9.47 Å². The number of carboxylic acids is 1. The lowest BCUT2D eigenvalue weighted by atomic mass is 9.98. The van der Waals surface area contributed by atoms with Crippen molar-refractivity contribution in [2.75, 3.05) is 54.1 Å². The third-order valence-corrected chi connectivity index (χ3v) is 3.39. The number of ether oxygens (including phenoxy) is 2. The summed E-state index contributed by atoms with van der Waals surface area (Å²) >= 11 is 0. The molecule has 114 valence electrons. The highest BCUT2D eigenvalue weighted by Gasteiger charge is 2.31. The summed E-state index contributed by atoms with van der Waals surface area (Å²) in [6, 6.07) is 0. The Hall–Kier alpha value is -0.690. The number of hydrogen-bond donors (Lipinski definition) is 2. The van der Waals surface area contributed by atoms with E-state index in [1.807, 2.05) is 0 Å². The summed E-state index contributed by atoms with van der Waals surface area (Å²) in [6.07, 6.45) is 1.49. The fourth-order valence-electron chi connectivity index (χ4n) is 1.71. The van der Waals surface area contributed by atoms with Crippen LogP contribution in [0.3, 0.4) is 0 Å². The minimum absolute atomic E-state index is 0.551. The van der Waals surface area contributed by atoms with Crippen LogP contribution in [-0.2, 0) is 14.3 Å². The predicted molar refractivity (Wildman–Crippen MR) is 74.5 cm³/mol. The molecule has 6 heteroatoms. The fourth-order valence-corrected chi connectivity index (χ4v) is 1.71. The third kappa shape index (κ3) is 7.47. The lowest BCUT2D eigenvalue weighted by molar-refractivity contribution is -0.144. The Balaban J connectivity index is 4.25. The Labute approximate surface area is 116 Å².